The number of nitrogens with zero attached hydrogens (tertiary/aromatic N) is 1. The molecule has 35 heavy (non-hydrogen) atoms. The van der Waals surface area contributed by atoms with Gasteiger partial charge in [-0.3, -0.25) is 9.69 Å². The quantitative estimate of drug-likeness (QED) is 0.551. The average Bonchev–Trinajstić information content (AvgIpc) is 3.63. The highest BCUT2D eigenvalue weighted by Gasteiger charge is 2.68. The Balaban J connectivity index is 1.42. The molecule has 3 amide bonds. The molecule has 1 saturated heterocycles. The van der Waals surface area contributed by atoms with Crippen LogP contribution in [-0.2, 0) is 27.9 Å². The van der Waals surface area contributed by atoms with Crippen LogP contribution in [-0.4, -0.2) is 30.1 Å². The Bertz CT molecular complexity index is 1130. The second kappa shape index (κ2) is 8.48. The second-order valence-corrected chi connectivity index (χ2v) is 11.3. The average molecular weight is 473 g/mol. The Hall–Kier alpha value is -2.66. The summed E-state index contributed by atoms with van der Waals surface area (Å²) >= 11 is 0. The first-order valence-corrected chi connectivity index (χ1v) is 13.3. The number of nitrogens with one attached hydrogen (secondary N) is 1. The number of hydrogen-bond donors (Lipinski definition) is 1. The maximum absolute atomic E-state index is 14.5. The number of carbonyl (C=O) groups is 2. The highest BCUT2D eigenvalue weighted by molar-refractivity contribution is 6.09. The van der Waals surface area contributed by atoms with Crippen LogP contribution in [0.1, 0.15) is 80.2 Å². The molecule has 0 aromatic heterocycles. The molecular formula is C30H36N2O3. The van der Waals surface area contributed by atoms with Crippen LogP contribution < -0.4 is 5.32 Å². The van der Waals surface area contributed by atoms with Gasteiger partial charge in [0.05, 0.1) is 12.1 Å². The van der Waals surface area contributed by atoms with E-state index in [9.17, 15) is 9.59 Å². The lowest BCUT2D eigenvalue weighted by Gasteiger charge is -2.46. The lowest BCUT2D eigenvalue weighted by atomic mass is 9.61. The number of hydrogen-bond acceptors (Lipinski definition) is 3. The van der Waals surface area contributed by atoms with E-state index in [2.05, 4.69) is 23.5 Å². The Kier molecular flexibility index (Phi) is 5.52. The van der Waals surface area contributed by atoms with Gasteiger partial charge in [-0.2, -0.15) is 0 Å². The SMILES string of the molecule is COC1CCC2(CC1)Cc1ccc(CCC3CC3)cc1C21NC(=O)N([C@H](C)c2ccccc2)C1=O. The van der Waals surface area contributed by atoms with E-state index >= 15 is 0 Å². The number of imide groups is 1. The predicted molar refractivity (Wildman–Crippen MR) is 135 cm³/mol. The van der Waals surface area contributed by atoms with E-state index < -0.39 is 5.54 Å². The molecule has 2 aromatic rings. The third kappa shape index (κ3) is 3.54. The lowest BCUT2D eigenvalue weighted by molar-refractivity contribution is -0.140. The van der Waals surface area contributed by atoms with Crippen LogP contribution in [0.2, 0.25) is 0 Å². The summed E-state index contributed by atoms with van der Waals surface area (Å²) in [5, 5.41) is 3.33. The van der Waals surface area contributed by atoms with Gasteiger partial charge < -0.3 is 10.1 Å². The van der Waals surface area contributed by atoms with Crippen molar-refractivity contribution in [1.29, 1.82) is 0 Å². The summed E-state index contributed by atoms with van der Waals surface area (Å²) in [5.74, 6) is 0.788. The maximum Gasteiger partial charge on any atom is 0.325 e. The molecule has 1 aliphatic heterocycles. The van der Waals surface area contributed by atoms with Crippen LogP contribution in [0.15, 0.2) is 48.5 Å². The molecule has 5 nitrogen and oxygen atoms in total. The fourth-order valence-corrected chi connectivity index (χ4v) is 7.10. The molecule has 2 atom stereocenters. The smallest absolute Gasteiger partial charge is 0.325 e. The molecule has 0 bridgehead atoms. The van der Waals surface area contributed by atoms with E-state index in [1.54, 1.807) is 7.11 Å². The standard InChI is InChI=1S/C30H36N2O3/c1-20(23-6-4-3-5-7-23)32-27(33)30(31-28(32)34)26-18-22(11-10-21-8-9-21)12-13-24(26)19-29(30)16-14-25(35-2)15-17-29/h3-7,12-13,18,20-21,25H,8-11,14-17,19H2,1-2H3,(H,31,34)/t20-,25?,29?,30?/m1/s1. The number of aryl methyl sites for hydroxylation is 1. The van der Waals surface area contributed by atoms with E-state index in [0.717, 1.165) is 55.6 Å². The number of urea groups is 1. The van der Waals surface area contributed by atoms with Gasteiger partial charge in [-0.1, -0.05) is 61.4 Å². The van der Waals surface area contributed by atoms with Crippen LogP contribution in [0, 0.1) is 11.3 Å². The number of benzene rings is 2. The van der Waals surface area contributed by atoms with Gasteiger partial charge in [0.15, 0.2) is 5.54 Å². The first-order valence-electron chi connectivity index (χ1n) is 13.3. The van der Waals surface area contributed by atoms with E-state index in [1.165, 1.54) is 35.3 Å². The van der Waals surface area contributed by atoms with Gasteiger partial charge in [0.1, 0.15) is 0 Å². The van der Waals surface area contributed by atoms with Gasteiger partial charge in [0.25, 0.3) is 5.91 Å². The molecular weight excluding hydrogens is 436 g/mol. The fraction of sp³-hybridized carbons (Fsp3) is 0.533. The minimum Gasteiger partial charge on any atom is -0.381 e. The van der Waals surface area contributed by atoms with Crippen molar-refractivity contribution in [3.8, 4) is 0 Å². The van der Waals surface area contributed by atoms with Gasteiger partial charge in [0.2, 0.25) is 0 Å². The molecule has 3 aliphatic carbocycles. The molecule has 2 spiro atoms. The molecule has 6 rings (SSSR count). The van der Waals surface area contributed by atoms with Crippen molar-refractivity contribution in [2.24, 2.45) is 11.3 Å². The first kappa shape index (κ1) is 22.8. The van der Waals surface area contributed by atoms with Gasteiger partial charge in [0, 0.05) is 12.5 Å². The summed E-state index contributed by atoms with van der Waals surface area (Å²) in [5.41, 5.74) is 3.23. The molecule has 1 heterocycles. The molecule has 4 aliphatic rings. The molecule has 1 unspecified atom stereocenters. The van der Waals surface area contributed by atoms with E-state index in [0.29, 0.717) is 0 Å². The summed E-state index contributed by atoms with van der Waals surface area (Å²) < 4.78 is 5.68. The first-order chi connectivity index (χ1) is 17.0. The molecule has 2 aromatic carbocycles. The minimum atomic E-state index is -0.989. The number of amides is 3. The van der Waals surface area contributed by atoms with Gasteiger partial charge in [-0.05, 0) is 80.0 Å². The number of ether oxygens (including phenoxy) is 1. The van der Waals surface area contributed by atoms with Crippen molar-refractivity contribution in [2.45, 2.75) is 82.4 Å². The van der Waals surface area contributed by atoms with Gasteiger partial charge >= 0.3 is 6.03 Å². The van der Waals surface area contributed by atoms with Crippen LogP contribution >= 0.6 is 0 Å². The second-order valence-electron chi connectivity index (χ2n) is 11.3. The van der Waals surface area contributed by atoms with Crippen LogP contribution in [0.25, 0.3) is 0 Å². The monoisotopic (exact) mass is 472 g/mol. The number of methoxy groups -OCH3 is 1. The van der Waals surface area contributed by atoms with Crippen molar-refractivity contribution in [3.63, 3.8) is 0 Å². The van der Waals surface area contributed by atoms with Gasteiger partial charge in [-0.15, -0.1) is 0 Å². The summed E-state index contributed by atoms with van der Waals surface area (Å²) in [4.78, 5) is 29.6. The largest absolute Gasteiger partial charge is 0.381 e. The molecule has 2 saturated carbocycles. The topological polar surface area (TPSA) is 58.6 Å². The van der Waals surface area contributed by atoms with Crippen LogP contribution in [0.4, 0.5) is 4.79 Å². The Morgan fingerprint density at radius 1 is 1.06 bits per heavy atom. The normalized spacial score (nSPS) is 30.7. The lowest BCUT2D eigenvalue weighted by Crippen LogP contribution is -2.56. The molecule has 184 valence electrons. The van der Waals surface area contributed by atoms with E-state index in [1.807, 2.05) is 37.3 Å². The van der Waals surface area contributed by atoms with Crippen molar-refractivity contribution >= 4 is 11.9 Å². The molecule has 1 N–H and O–H groups in total. The Labute approximate surface area is 208 Å². The number of carbonyl (C=O) groups excluding carboxylic acids is 2. The van der Waals surface area contributed by atoms with Crippen molar-refractivity contribution in [3.05, 3.63) is 70.8 Å². The Morgan fingerprint density at radius 2 is 1.80 bits per heavy atom. The third-order valence-corrected chi connectivity index (χ3v) is 9.39. The zero-order valence-electron chi connectivity index (χ0n) is 20.9. The van der Waals surface area contributed by atoms with E-state index in [4.69, 9.17) is 4.74 Å². The molecule has 5 heteroatoms. The van der Waals surface area contributed by atoms with Crippen LogP contribution in [0.5, 0.6) is 0 Å². The molecule has 0 radical (unpaired) electrons. The third-order valence-electron chi connectivity index (χ3n) is 9.39. The van der Waals surface area contributed by atoms with Crippen molar-refractivity contribution < 1.29 is 14.3 Å². The summed E-state index contributed by atoms with van der Waals surface area (Å²) in [6, 6.07) is 16.0. The molecule has 3 fully saturated rings. The van der Waals surface area contributed by atoms with E-state index in [-0.39, 0.29) is 29.5 Å². The summed E-state index contributed by atoms with van der Waals surface area (Å²) in [6.07, 6.45) is 9.58. The van der Waals surface area contributed by atoms with Crippen LogP contribution in [0.3, 0.4) is 0 Å². The summed E-state index contributed by atoms with van der Waals surface area (Å²) in [7, 11) is 1.78. The highest BCUT2D eigenvalue weighted by Crippen LogP contribution is 2.60. The predicted octanol–water partition coefficient (Wildman–Crippen LogP) is 5.67. The number of fused-ring (bicyclic) bond motifs is 3. The fourth-order valence-electron chi connectivity index (χ4n) is 7.10. The summed E-state index contributed by atoms with van der Waals surface area (Å²) in [6.45, 7) is 1.96. The zero-order chi connectivity index (χ0) is 24.2. The van der Waals surface area contributed by atoms with Crippen molar-refractivity contribution in [2.75, 3.05) is 7.11 Å². The Morgan fingerprint density at radius 3 is 2.49 bits per heavy atom. The van der Waals surface area contributed by atoms with Gasteiger partial charge in [-0.25, -0.2) is 4.79 Å². The minimum absolute atomic E-state index is 0.0761. The number of rotatable bonds is 6. The highest BCUT2D eigenvalue weighted by atomic mass is 16.5. The zero-order valence-corrected chi connectivity index (χ0v) is 20.9. The maximum atomic E-state index is 14.5. The van der Waals surface area contributed by atoms with Crippen molar-refractivity contribution in [1.82, 2.24) is 10.2 Å².